The molecular formula is C29H50O2. The number of hydrogen-bond donors (Lipinski definition) is 1. The minimum absolute atomic E-state index is 0.0257. The molecule has 178 valence electrons. The van der Waals surface area contributed by atoms with Gasteiger partial charge >= 0.3 is 0 Å². The molecule has 0 amide bonds. The van der Waals surface area contributed by atoms with Gasteiger partial charge in [-0.25, -0.2) is 0 Å². The molecule has 1 heterocycles. The lowest BCUT2D eigenvalue weighted by Crippen LogP contribution is -2.37. The second-order valence-electron chi connectivity index (χ2n) is 10.5. The lowest BCUT2D eigenvalue weighted by molar-refractivity contribution is 0.0512. The van der Waals surface area contributed by atoms with Gasteiger partial charge in [0.1, 0.15) is 17.1 Å². The van der Waals surface area contributed by atoms with Crippen LogP contribution in [0.2, 0.25) is 0 Å². The van der Waals surface area contributed by atoms with Crippen LogP contribution in [0.15, 0.2) is 0 Å². The van der Waals surface area contributed by atoms with Crippen LogP contribution in [-0.2, 0) is 6.37 Å². The fourth-order valence-electron chi connectivity index (χ4n) is 4.41. The summed E-state index contributed by atoms with van der Waals surface area (Å²) in [5, 5.41) is 10.5. The predicted octanol–water partition coefficient (Wildman–Crippen LogP) is 8.84. The van der Waals surface area contributed by atoms with E-state index in [1.807, 2.05) is 0 Å². The van der Waals surface area contributed by atoms with E-state index in [0.29, 0.717) is 23.5 Å². The normalized spacial score (nSPS) is 27.0. The van der Waals surface area contributed by atoms with E-state index in [-0.39, 0.29) is 35.0 Å². The SMILES string of the molecule is [2H]C1([2H])c2c(C)c(O)c(C)c(C)c2O[C@@](C)(C([2H])([2H])CC[C@H](C)CCC[C@@H](C)CCCC(C)C)C1([2H])[2H]. The lowest BCUT2D eigenvalue weighted by atomic mass is 9.84. The molecule has 0 unspecified atom stereocenters. The monoisotopic (exact) mass is 436 g/mol. The van der Waals surface area contributed by atoms with Crippen molar-refractivity contribution in [1.82, 2.24) is 0 Å². The molecule has 1 aromatic rings. The van der Waals surface area contributed by atoms with Crippen molar-refractivity contribution in [3.63, 3.8) is 0 Å². The third-order valence-electron chi connectivity index (χ3n) is 6.92. The largest absolute Gasteiger partial charge is 0.507 e. The Kier molecular flexibility index (Phi) is 6.85. The average molecular weight is 437 g/mol. The number of benzene rings is 1. The molecule has 0 aromatic heterocycles. The molecule has 0 spiro atoms. The average Bonchev–Trinajstić information content (AvgIpc) is 2.78. The van der Waals surface area contributed by atoms with Crippen molar-refractivity contribution in [3.8, 4) is 11.5 Å². The second-order valence-corrected chi connectivity index (χ2v) is 10.5. The highest BCUT2D eigenvalue weighted by molar-refractivity contribution is 5.58. The first-order valence-corrected chi connectivity index (χ1v) is 12.3. The van der Waals surface area contributed by atoms with E-state index < -0.39 is 24.7 Å². The van der Waals surface area contributed by atoms with Gasteiger partial charge in [-0.1, -0.05) is 72.6 Å². The van der Waals surface area contributed by atoms with E-state index in [2.05, 4.69) is 27.7 Å². The van der Waals surface area contributed by atoms with E-state index in [1.165, 1.54) is 32.6 Å². The highest BCUT2D eigenvalue weighted by Crippen LogP contribution is 2.44. The highest BCUT2D eigenvalue weighted by Gasteiger charge is 2.34. The van der Waals surface area contributed by atoms with Crippen molar-refractivity contribution in [2.75, 3.05) is 0 Å². The highest BCUT2D eigenvalue weighted by atomic mass is 16.5. The molecule has 0 bridgehead atoms. The topological polar surface area (TPSA) is 29.5 Å². The Morgan fingerprint density at radius 2 is 1.45 bits per heavy atom. The van der Waals surface area contributed by atoms with Gasteiger partial charge in [0.05, 0.1) is 0 Å². The lowest BCUT2D eigenvalue weighted by Gasteiger charge is -2.38. The summed E-state index contributed by atoms with van der Waals surface area (Å²) >= 11 is 0. The summed E-state index contributed by atoms with van der Waals surface area (Å²) in [4.78, 5) is 0. The quantitative estimate of drug-likeness (QED) is 0.354. The van der Waals surface area contributed by atoms with Crippen molar-refractivity contribution < 1.29 is 18.1 Å². The molecule has 2 rings (SSSR count). The standard InChI is InChI=1S/C29H50O2/c1-20(2)12-9-13-21(3)14-10-15-22(4)16-11-18-29(8)19-17-26-25(7)27(30)23(5)24(6)28(26)31-29/h20-22,30H,9-19H2,1-8H3/t21-,22+,29-/m0/s1/i17D2,18D2,19D2. The van der Waals surface area contributed by atoms with Gasteiger partial charge in [0, 0.05) is 13.8 Å². The van der Waals surface area contributed by atoms with Gasteiger partial charge in [0.25, 0.3) is 0 Å². The zero-order chi connectivity index (χ0) is 28.6. The summed E-state index contributed by atoms with van der Waals surface area (Å²) in [5.74, 6) is 1.79. The maximum atomic E-state index is 10.5. The van der Waals surface area contributed by atoms with Gasteiger partial charge in [-0.2, -0.15) is 0 Å². The maximum Gasteiger partial charge on any atom is 0.127 e. The van der Waals surface area contributed by atoms with Crippen molar-refractivity contribution >= 4 is 0 Å². The number of aromatic hydroxyl groups is 1. The van der Waals surface area contributed by atoms with E-state index in [0.717, 1.165) is 18.8 Å². The number of phenols is 1. The Morgan fingerprint density at radius 1 is 0.903 bits per heavy atom. The molecule has 3 atom stereocenters. The maximum absolute atomic E-state index is 10.5. The third kappa shape index (κ3) is 7.43. The minimum atomic E-state index is -2.68. The Morgan fingerprint density at radius 3 is 2.03 bits per heavy atom. The number of hydrogen-bond acceptors (Lipinski definition) is 2. The molecule has 1 N–H and O–H groups in total. The van der Waals surface area contributed by atoms with Crippen molar-refractivity contribution in [2.45, 2.75) is 131 Å². The van der Waals surface area contributed by atoms with Gasteiger partial charge in [0.15, 0.2) is 0 Å². The summed E-state index contributed by atoms with van der Waals surface area (Å²) in [6, 6.07) is 0. The smallest absolute Gasteiger partial charge is 0.127 e. The molecule has 0 radical (unpaired) electrons. The molecule has 0 saturated carbocycles. The molecule has 1 aliphatic rings. The van der Waals surface area contributed by atoms with Gasteiger partial charge < -0.3 is 9.84 Å². The molecule has 31 heavy (non-hydrogen) atoms. The molecule has 2 heteroatoms. The van der Waals surface area contributed by atoms with Gasteiger partial charge in [0.2, 0.25) is 0 Å². The molecule has 2 nitrogen and oxygen atoms in total. The van der Waals surface area contributed by atoms with Crippen molar-refractivity contribution in [3.05, 3.63) is 22.3 Å². The molecule has 0 aliphatic carbocycles. The van der Waals surface area contributed by atoms with Gasteiger partial charge in [-0.15, -0.1) is 0 Å². The molecule has 0 fully saturated rings. The number of rotatable bonds is 12. The summed E-state index contributed by atoms with van der Waals surface area (Å²) in [6.45, 7) is 15.3. The number of fused-ring (bicyclic) bond motifs is 1. The van der Waals surface area contributed by atoms with Crippen LogP contribution in [-0.4, -0.2) is 10.7 Å². The van der Waals surface area contributed by atoms with Crippen LogP contribution in [0.3, 0.4) is 0 Å². The predicted molar refractivity (Wildman–Crippen MR) is 134 cm³/mol. The zero-order valence-electron chi connectivity index (χ0n) is 27.2. The second kappa shape index (κ2) is 11.6. The number of phenolic OH excluding ortho intramolecular Hbond substituents is 1. The van der Waals surface area contributed by atoms with E-state index >= 15 is 0 Å². The fourth-order valence-corrected chi connectivity index (χ4v) is 4.41. The summed E-state index contributed by atoms with van der Waals surface area (Å²) in [6.07, 6.45) is 0.349. The van der Waals surface area contributed by atoms with Crippen LogP contribution < -0.4 is 4.74 Å². The van der Waals surface area contributed by atoms with Gasteiger partial charge in [-0.3, -0.25) is 0 Å². The molecular weight excluding hydrogens is 380 g/mol. The van der Waals surface area contributed by atoms with Crippen LogP contribution >= 0.6 is 0 Å². The first kappa shape index (κ1) is 18.3. The van der Waals surface area contributed by atoms with Crippen molar-refractivity contribution in [1.29, 1.82) is 0 Å². The summed E-state index contributed by atoms with van der Waals surface area (Å²) in [7, 11) is 0. The van der Waals surface area contributed by atoms with E-state index in [1.54, 1.807) is 20.8 Å². The van der Waals surface area contributed by atoms with Crippen molar-refractivity contribution in [2.24, 2.45) is 17.8 Å². The first-order chi connectivity index (χ1) is 16.8. The van der Waals surface area contributed by atoms with Crippen LogP contribution in [0.25, 0.3) is 0 Å². The van der Waals surface area contributed by atoms with E-state index in [4.69, 9.17) is 13.0 Å². The Balaban J connectivity index is 2.16. The third-order valence-corrected chi connectivity index (χ3v) is 6.92. The van der Waals surface area contributed by atoms with Crippen LogP contribution in [0.1, 0.15) is 129 Å². The minimum Gasteiger partial charge on any atom is -0.507 e. The Hall–Kier alpha value is -1.18. The zero-order valence-corrected chi connectivity index (χ0v) is 21.2. The van der Waals surface area contributed by atoms with Gasteiger partial charge in [-0.05, 0) is 87.7 Å². The molecule has 1 aliphatic heterocycles. The van der Waals surface area contributed by atoms with Crippen LogP contribution in [0, 0.1) is 38.5 Å². The molecule has 0 saturated heterocycles. The first-order valence-electron chi connectivity index (χ1n) is 15.3. The summed E-state index contributed by atoms with van der Waals surface area (Å²) in [5.41, 5.74) is -0.800. The fraction of sp³-hybridized carbons (Fsp3) is 0.793. The van der Waals surface area contributed by atoms with Crippen LogP contribution in [0.4, 0.5) is 0 Å². The summed E-state index contributed by atoms with van der Waals surface area (Å²) < 4.78 is 59.3. The Labute approximate surface area is 201 Å². The molecule has 1 aromatic carbocycles. The Bertz CT molecular complexity index is 943. The van der Waals surface area contributed by atoms with E-state index in [9.17, 15) is 5.11 Å². The number of ether oxygens (including phenoxy) is 1. The van der Waals surface area contributed by atoms with Crippen LogP contribution in [0.5, 0.6) is 11.5 Å².